The van der Waals surface area contributed by atoms with E-state index in [1.807, 2.05) is 0 Å². The second-order valence-corrected chi connectivity index (χ2v) is 7.47. The summed E-state index contributed by atoms with van der Waals surface area (Å²) < 4.78 is 0.484. The number of hydrogen-bond acceptors (Lipinski definition) is 3. The molecule has 102 valence electrons. The molecule has 0 bridgehead atoms. The van der Waals surface area contributed by atoms with E-state index >= 15 is 0 Å². The van der Waals surface area contributed by atoms with Gasteiger partial charge in [0.1, 0.15) is 0 Å². The van der Waals surface area contributed by atoms with Gasteiger partial charge in [-0.1, -0.05) is 27.7 Å². The minimum Gasteiger partial charge on any atom is -0.313 e. The highest BCUT2D eigenvalue weighted by molar-refractivity contribution is 8.00. The van der Waals surface area contributed by atoms with Gasteiger partial charge >= 0.3 is 0 Å². The summed E-state index contributed by atoms with van der Waals surface area (Å²) in [5.74, 6) is 1.29. The van der Waals surface area contributed by atoms with Crippen molar-refractivity contribution in [3.05, 3.63) is 0 Å². The van der Waals surface area contributed by atoms with Crippen molar-refractivity contribution in [1.29, 1.82) is 0 Å². The second-order valence-electron chi connectivity index (χ2n) is 5.67. The van der Waals surface area contributed by atoms with Crippen LogP contribution in [0.2, 0.25) is 0 Å². The van der Waals surface area contributed by atoms with E-state index < -0.39 is 0 Å². The Labute approximate surface area is 112 Å². The summed E-state index contributed by atoms with van der Waals surface area (Å²) in [5.41, 5.74) is 0. The van der Waals surface area contributed by atoms with Crippen LogP contribution < -0.4 is 5.32 Å². The summed E-state index contributed by atoms with van der Waals surface area (Å²) in [6.45, 7) is 14.2. The molecule has 1 aliphatic heterocycles. The molecule has 1 rings (SSSR count). The lowest BCUT2D eigenvalue weighted by Crippen LogP contribution is -2.37. The molecule has 0 aromatic carbocycles. The average Bonchev–Trinajstić information content (AvgIpc) is 2.46. The predicted octanol–water partition coefficient (Wildman–Crippen LogP) is 2.98. The molecule has 1 heterocycles. The monoisotopic (exact) mass is 258 g/mol. The maximum Gasteiger partial charge on any atom is 0.0116 e. The van der Waals surface area contributed by atoms with Crippen LogP contribution in [0.25, 0.3) is 0 Å². The van der Waals surface area contributed by atoms with Crippen molar-refractivity contribution in [3.63, 3.8) is 0 Å². The van der Waals surface area contributed by atoms with Crippen molar-refractivity contribution in [2.24, 2.45) is 0 Å². The van der Waals surface area contributed by atoms with E-state index in [-0.39, 0.29) is 0 Å². The van der Waals surface area contributed by atoms with Gasteiger partial charge in [0.25, 0.3) is 0 Å². The zero-order valence-corrected chi connectivity index (χ0v) is 12.9. The van der Waals surface area contributed by atoms with E-state index in [0.717, 1.165) is 6.54 Å². The maximum atomic E-state index is 3.66. The van der Waals surface area contributed by atoms with Gasteiger partial charge < -0.3 is 10.2 Å². The van der Waals surface area contributed by atoms with Gasteiger partial charge in [-0.15, -0.1) is 0 Å². The number of thioether (sulfide) groups is 1. The molecular formula is C14H30N2S. The SMILES string of the molecule is CCC(CC)NCCN1CCSC(C)(C)CC1. The van der Waals surface area contributed by atoms with Crippen LogP contribution in [-0.2, 0) is 0 Å². The van der Waals surface area contributed by atoms with Crippen molar-refractivity contribution < 1.29 is 0 Å². The molecule has 0 aliphatic carbocycles. The molecule has 0 aromatic heterocycles. The van der Waals surface area contributed by atoms with Crippen LogP contribution in [0.1, 0.15) is 47.0 Å². The largest absolute Gasteiger partial charge is 0.313 e. The van der Waals surface area contributed by atoms with E-state index in [1.54, 1.807) is 0 Å². The van der Waals surface area contributed by atoms with E-state index in [0.29, 0.717) is 10.8 Å². The maximum absolute atomic E-state index is 3.66. The van der Waals surface area contributed by atoms with Crippen molar-refractivity contribution in [2.45, 2.75) is 57.7 Å². The minimum atomic E-state index is 0.484. The van der Waals surface area contributed by atoms with Gasteiger partial charge in [0.15, 0.2) is 0 Å². The van der Waals surface area contributed by atoms with Gasteiger partial charge in [-0.3, -0.25) is 0 Å². The van der Waals surface area contributed by atoms with Gasteiger partial charge in [-0.05, 0) is 25.8 Å². The van der Waals surface area contributed by atoms with Gasteiger partial charge in [-0.25, -0.2) is 0 Å². The Bertz CT molecular complexity index is 202. The van der Waals surface area contributed by atoms with Crippen LogP contribution in [0.5, 0.6) is 0 Å². The molecule has 17 heavy (non-hydrogen) atoms. The molecule has 1 aliphatic rings. The van der Waals surface area contributed by atoms with E-state index in [1.165, 1.54) is 44.6 Å². The first-order valence-corrected chi connectivity index (χ1v) is 8.15. The van der Waals surface area contributed by atoms with Crippen LogP contribution in [-0.4, -0.2) is 47.6 Å². The zero-order chi connectivity index (χ0) is 12.7. The Hall–Kier alpha value is 0.270. The first kappa shape index (κ1) is 15.3. The van der Waals surface area contributed by atoms with E-state index in [2.05, 4.69) is 49.7 Å². The zero-order valence-electron chi connectivity index (χ0n) is 12.1. The van der Waals surface area contributed by atoms with Crippen molar-refractivity contribution >= 4 is 11.8 Å². The van der Waals surface area contributed by atoms with Gasteiger partial charge in [0.05, 0.1) is 0 Å². The minimum absolute atomic E-state index is 0.484. The summed E-state index contributed by atoms with van der Waals surface area (Å²) in [4.78, 5) is 2.62. The number of hydrogen-bond donors (Lipinski definition) is 1. The quantitative estimate of drug-likeness (QED) is 0.788. The number of nitrogens with zero attached hydrogens (tertiary/aromatic N) is 1. The Kier molecular flexibility index (Phi) is 6.90. The summed E-state index contributed by atoms with van der Waals surface area (Å²) >= 11 is 2.13. The van der Waals surface area contributed by atoms with Crippen LogP contribution in [0.15, 0.2) is 0 Å². The molecule has 2 nitrogen and oxygen atoms in total. The normalized spacial score (nSPS) is 21.7. The fourth-order valence-electron chi connectivity index (χ4n) is 2.29. The highest BCUT2D eigenvalue weighted by Crippen LogP contribution is 2.30. The van der Waals surface area contributed by atoms with Crippen molar-refractivity contribution in [2.75, 3.05) is 31.9 Å². The van der Waals surface area contributed by atoms with Gasteiger partial charge in [-0.2, -0.15) is 11.8 Å². The topological polar surface area (TPSA) is 15.3 Å². The molecule has 0 saturated carbocycles. The number of nitrogens with one attached hydrogen (secondary N) is 1. The summed E-state index contributed by atoms with van der Waals surface area (Å²) in [6.07, 6.45) is 3.82. The van der Waals surface area contributed by atoms with E-state index in [9.17, 15) is 0 Å². The predicted molar refractivity (Wildman–Crippen MR) is 80.0 cm³/mol. The first-order chi connectivity index (χ1) is 8.07. The molecule has 1 N–H and O–H groups in total. The fraction of sp³-hybridized carbons (Fsp3) is 1.00. The van der Waals surface area contributed by atoms with Crippen LogP contribution in [0.3, 0.4) is 0 Å². The molecule has 3 heteroatoms. The lowest BCUT2D eigenvalue weighted by Gasteiger charge is -2.23. The molecule has 0 unspecified atom stereocenters. The Morgan fingerprint density at radius 2 is 1.94 bits per heavy atom. The molecule has 0 amide bonds. The van der Waals surface area contributed by atoms with Crippen molar-refractivity contribution in [1.82, 2.24) is 10.2 Å². The third-order valence-electron chi connectivity index (χ3n) is 3.78. The van der Waals surface area contributed by atoms with Crippen LogP contribution in [0, 0.1) is 0 Å². The molecular weight excluding hydrogens is 228 g/mol. The smallest absolute Gasteiger partial charge is 0.0116 e. The van der Waals surface area contributed by atoms with Crippen LogP contribution >= 0.6 is 11.8 Å². The Morgan fingerprint density at radius 3 is 2.59 bits per heavy atom. The molecule has 0 atom stereocenters. The first-order valence-electron chi connectivity index (χ1n) is 7.17. The lowest BCUT2D eigenvalue weighted by atomic mass is 10.1. The number of rotatable bonds is 6. The van der Waals surface area contributed by atoms with Crippen LogP contribution in [0.4, 0.5) is 0 Å². The summed E-state index contributed by atoms with van der Waals surface area (Å²) in [7, 11) is 0. The summed E-state index contributed by atoms with van der Waals surface area (Å²) in [5, 5.41) is 3.66. The van der Waals surface area contributed by atoms with Gasteiger partial charge in [0.2, 0.25) is 0 Å². The molecule has 0 radical (unpaired) electrons. The highest BCUT2D eigenvalue weighted by atomic mass is 32.2. The lowest BCUT2D eigenvalue weighted by molar-refractivity contribution is 0.277. The Balaban J connectivity index is 2.19. The summed E-state index contributed by atoms with van der Waals surface area (Å²) in [6, 6.07) is 0.716. The van der Waals surface area contributed by atoms with E-state index in [4.69, 9.17) is 0 Å². The third kappa shape index (κ3) is 6.12. The third-order valence-corrected chi connectivity index (χ3v) is 5.15. The molecule has 0 spiro atoms. The van der Waals surface area contributed by atoms with Gasteiger partial charge in [0, 0.05) is 36.2 Å². The molecule has 1 fully saturated rings. The molecule has 0 aromatic rings. The van der Waals surface area contributed by atoms with Crippen molar-refractivity contribution in [3.8, 4) is 0 Å². The fourth-order valence-corrected chi connectivity index (χ4v) is 3.43. The second kappa shape index (κ2) is 7.65. The highest BCUT2D eigenvalue weighted by Gasteiger charge is 2.23. The molecule has 1 saturated heterocycles. The standard InChI is InChI=1S/C14H30N2S/c1-5-13(6-2)15-8-10-16-9-7-14(3,4)17-12-11-16/h13,15H,5-12H2,1-4H3. The average molecular weight is 258 g/mol. The Morgan fingerprint density at radius 1 is 1.24 bits per heavy atom.